The summed E-state index contributed by atoms with van der Waals surface area (Å²) in [5.74, 6) is 4.65. The van der Waals surface area contributed by atoms with Crippen LogP contribution in [0.1, 0.15) is 46.0 Å². The van der Waals surface area contributed by atoms with E-state index >= 15 is 0 Å². The summed E-state index contributed by atoms with van der Waals surface area (Å²) in [7, 11) is 0. The first-order valence-electron chi connectivity index (χ1n) is 7.85. The van der Waals surface area contributed by atoms with Gasteiger partial charge >= 0.3 is 5.97 Å². The molecule has 3 aliphatic carbocycles. The maximum Gasteiger partial charge on any atom is 0.302 e. The summed E-state index contributed by atoms with van der Waals surface area (Å²) < 4.78 is 5.37. The van der Waals surface area contributed by atoms with Crippen molar-refractivity contribution >= 4 is 5.97 Å². The van der Waals surface area contributed by atoms with Crippen LogP contribution >= 0.6 is 0 Å². The van der Waals surface area contributed by atoms with Gasteiger partial charge in [-0.25, -0.2) is 0 Å². The maximum atomic E-state index is 11.1. The number of hydrogen-bond acceptors (Lipinski definition) is 2. The maximum absolute atomic E-state index is 11.1. The average Bonchev–Trinajstić information content (AvgIpc) is 2.94. The van der Waals surface area contributed by atoms with Crippen LogP contribution in [-0.2, 0) is 9.53 Å². The largest absolute Gasteiger partial charge is 0.466 e. The van der Waals surface area contributed by atoms with Gasteiger partial charge in [0.2, 0.25) is 0 Å². The van der Waals surface area contributed by atoms with Gasteiger partial charge < -0.3 is 4.74 Å². The van der Waals surface area contributed by atoms with E-state index in [0.717, 1.165) is 23.7 Å². The standard InChI is InChI=1S/C17H26O2/c1-10(2)14-7-15-12-4-5-13(6-12)17(16(15)8-14)9-19-11(3)18/h12-17H,1,4-9H2,2-3H3. The Balaban J connectivity index is 1.75. The molecule has 0 spiro atoms. The topological polar surface area (TPSA) is 26.3 Å². The molecule has 0 radical (unpaired) electrons. The first-order chi connectivity index (χ1) is 9.06. The van der Waals surface area contributed by atoms with Crippen molar-refractivity contribution in [1.82, 2.24) is 0 Å². The Labute approximate surface area is 116 Å². The molecule has 2 heteroatoms. The van der Waals surface area contributed by atoms with Crippen LogP contribution < -0.4 is 0 Å². The predicted molar refractivity (Wildman–Crippen MR) is 75.5 cm³/mol. The Kier molecular flexibility index (Phi) is 3.44. The van der Waals surface area contributed by atoms with Crippen LogP contribution in [0.4, 0.5) is 0 Å². The van der Waals surface area contributed by atoms with Gasteiger partial charge in [-0.05, 0) is 74.5 Å². The highest BCUT2D eigenvalue weighted by molar-refractivity contribution is 5.65. The number of ether oxygens (including phenoxy) is 1. The lowest BCUT2D eigenvalue weighted by Gasteiger charge is -2.39. The summed E-state index contributed by atoms with van der Waals surface area (Å²) >= 11 is 0. The molecule has 0 aromatic heterocycles. The number of hydrogen-bond donors (Lipinski definition) is 0. The third-order valence-corrected chi connectivity index (χ3v) is 6.11. The molecule has 3 rings (SSSR count). The third kappa shape index (κ3) is 2.34. The lowest BCUT2D eigenvalue weighted by Crippen LogP contribution is -2.35. The second-order valence-corrected chi connectivity index (χ2v) is 7.14. The van der Waals surface area contributed by atoms with E-state index in [1.165, 1.54) is 44.6 Å². The van der Waals surface area contributed by atoms with Crippen LogP contribution in [0.5, 0.6) is 0 Å². The van der Waals surface area contributed by atoms with Crippen molar-refractivity contribution in [2.75, 3.05) is 6.61 Å². The van der Waals surface area contributed by atoms with Crippen molar-refractivity contribution in [2.45, 2.75) is 46.0 Å². The Morgan fingerprint density at radius 1 is 1.11 bits per heavy atom. The quantitative estimate of drug-likeness (QED) is 0.571. The Bertz CT molecular complexity index is 387. The molecule has 0 aromatic carbocycles. The summed E-state index contributed by atoms with van der Waals surface area (Å²) in [5, 5.41) is 0. The lowest BCUT2D eigenvalue weighted by molar-refractivity contribution is -0.144. The molecule has 0 aliphatic heterocycles. The molecule has 0 N–H and O–H groups in total. The zero-order valence-electron chi connectivity index (χ0n) is 12.2. The van der Waals surface area contributed by atoms with Crippen molar-refractivity contribution in [1.29, 1.82) is 0 Å². The number of rotatable bonds is 3. The number of allylic oxidation sites excluding steroid dienone is 1. The minimum atomic E-state index is -0.119. The molecule has 6 unspecified atom stereocenters. The van der Waals surface area contributed by atoms with Gasteiger partial charge in [-0.3, -0.25) is 4.79 Å². The normalized spacial score (nSPS) is 43.9. The minimum Gasteiger partial charge on any atom is -0.466 e. The van der Waals surface area contributed by atoms with Crippen LogP contribution in [-0.4, -0.2) is 12.6 Å². The zero-order valence-corrected chi connectivity index (χ0v) is 12.2. The van der Waals surface area contributed by atoms with E-state index in [1.807, 2.05) is 0 Å². The van der Waals surface area contributed by atoms with Gasteiger partial charge in [0, 0.05) is 6.92 Å². The smallest absolute Gasteiger partial charge is 0.302 e. The lowest BCUT2D eigenvalue weighted by atomic mass is 9.67. The van der Waals surface area contributed by atoms with Crippen molar-refractivity contribution in [3.63, 3.8) is 0 Å². The van der Waals surface area contributed by atoms with Crippen LogP contribution in [0.2, 0.25) is 0 Å². The minimum absolute atomic E-state index is 0.119. The predicted octanol–water partition coefficient (Wildman–Crippen LogP) is 3.81. The number of carbonyl (C=O) groups excluding carboxylic acids is 1. The Hall–Kier alpha value is -0.790. The highest BCUT2D eigenvalue weighted by atomic mass is 16.5. The number of fused-ring (bicyclic) bond motifs is 4. The fraction of sp³-hybridized carbons (Fsp3) is 0.824. The summed E-state index contributed by atoms with van der Waals surface area (Å²) in [5.41, 5.74) is 1.36. The molecule has 2 nitrogen and oxygen atoms in total. The fourth-order valence-electron chi connectivity index (χ4n) is 5.19. The van der Waals surface area contributed by atoms with Gasteiger partial charge in [-0.2, -0.15) is 0 Å². The van der Waals surface area contributed by atoms with E-state index in [-0.39, 0.29) is 5.97 Å². The average molecular weight is 262 g/mol. The van der Waals surface area contributed by atoms with Gasteiger partial charge in [0.25, 0.3) is 0 Å². The molecule has 19 heavy (non-hydrogen) atoms. The molecular weight excluding hydrogens is 236 g/mol. The molecule has 3 aliphatic rings. The number of carbonyl (C=O) groups is 1. The Morgan fingerprint density at radius 3 is 2.47 bits per heavy atom. The van der Waals surface area contributed by atoms with Gasteiger partial charge in [0.1, 0.15) is 0 Å². The monoisotopic (exact) mass is 262 g/mol. The van der Waals surface area contributed by atoms with Crippen molar-refractivity contribution in [3.05, 3.63) is 12.2 Å². The highest BCUT2D eigenvalue weighted by Gasteiger charge is 2.52. The van der Waals surface area contributed by atoms with Crippen LogP contribution in [0.15, 0.2) is 12.2 Å². The molecule has 0 saturated heterocycles. The van der Waals surface area contributed by atoms with Crippen molar-refractivity contribution in [3.8, 4) is 0 Å². The van der Waals surface area contributed by atoms with E-state index in [2.05, 4.69) is 13.5 Å². The molecule has 6 atom stereocenters. The molecule has 106 valence electrons. The highest BCUT2D eigenvalue weighted by Crippen LogP contribution is 2.59. The molecule has 0 amide bonds. The van der Waals surface area contributed by atoms with E-state index in [4.69, 9.17) is 4.74 Å². The molecular formula is C17H26O2. The van der Waals surface area contributed by atoms with Crippen LogP contribution in [0.3, 0.4) is 0 Å². The Morgan fingerprint density at radius 2 is 1.79 bits per heavy atom. The zero-order chi connectivity index (χ0) is 13.6. The fourth-order valence-corrected chi connectivity index (χ4v) is 5.19. The first-order valence-corrected chi connectivity index (χ1v) is 7.85. The summed E-state index contributed by atoms with van der Waals surface area (Å²) in [6.45, 7) is 8.55. The molecule has 0 heterocycles. The van der Waals surface area contributed by atoms with E-state index < -0.39 is 0 Å². The summed E-state index contributed by atoms with van der Waals surface area (Å²) in [6, 6.07) is 0. The van der Waals surface area contributed by atoms with E-state index in [1.54, 1.807) is 0 Å². The van der Waals surface area contributed by atoms with Gasteiger partial charge in [-0.15, -0.1) is 0 Å². The van der Waals surface area contributed by atoms with Crippen molar-refractivity contribution in [2.24, 2.45) is 35.5 Å². The van der Waals surface area contributed by atoms with Crippen LogP contribution in [0, 0.1) is 35.5 Å². The second kappa shape index (κ2) is 4.96. The van der Waals surface area contributed by atoms with Gasteiger partial charge in [0.15, 0.2) is 0 Å². The molecule has 3 fully saturated rings. The first kappa shape index (κ1) is 13.2. The van der Waals surface area contributed by atoms with Gasteiger partial charge in [-0.1, -0.05) is 12.2 Å². The third-order valence-electron chi connectivity index (χ3n) is 6.11. The molecule has 0 aromatic rings. The molecule has 2 bridgehead atoms. The van der Waals surface area contributed by atoms with Gasteiger partial charge in [0.05, 0.1) is 6.61 Å². The SMILES string of the molecule is C=C(C)C1CC2C3CCC(C3)C(COC(C)=O)C2C1. The number of esters is 1. The van der Waals surface area contributed by atoms with Crippen molar-refractivity contribution < 1.29 is 9.53 Å². The van der Waals surface area contributed by atoms with Crippen LogP contribution in [0.25, 0.3) is 0 Å². The van der Waals surface area contributed by atoms with E-state index in [9.17, 15) is 4.79 Å². The molecule has 3 saturated carbocycles. The summed E-state index contributed by atoms with van der Waals surface area (Å²) in [4.78, 5) is 11.1. The van der Waals surface area contributed by atoms with E-state index in [0.29, 0.717) is 18.4 Å². The summed E-state index contributed by atoms with van der Waals surface area (Å²) in [6.07, 6.45) is 6.79. The second-order valence-electron chi connectivity index (χ2n) is 7.14.